The van der Waals surface area contributed by atoms with Crippen LogP contribution < -0.4 is 29.6 Å². The van der Waals surface area contributed by atoms with Gasteiger partial charge >= 0.3 is 11.9 Å². The Morgan fingerprint density at radius 2 is 1.54 bits per heavy atom. The molecule has 2 unspecified atom stereocenters. The molecule has 2 atom stereocenters. The summed E-state index contributed by atoms with van der Waals surface area (Å²) in [6, 6.07) is 18.1. The van der Waals surface area contributed by atoms with Crippen LogP contribution in [-0.2, 0) is 66.5 Å². The van der Waals surface area contributed by atoms with E-state index in [1.54, 1.807) is 42.0 Å². The molecule has 3 N–H and O–H groups in total. The van der Waals surface area contributed by atoms with Crippen LogP contribution in [0.3, 0.4) is 0 Å². The van der Waals surface area contributed by atoms with Crippen LogP contribution in [0, 0.1) is 0 Å². The maximum absolute atomic E-state index is 12.7. The summed E-state index contributed by atoms with van der Waals surface area (Å²) >= 11 is 29.1. The largest absolute Gasteiger partial charge is 0.778 e. The number of imide groups is 1. The molecule has 0 bridgehead atoms. The topological polar surface area (TPSA) is 232 Å². The number of hydrogen-bond donors (Lipinski definition) is 3. The van der Waals surface area contributed by atoms with Gasteiger partial charge in [-0.3, -0.25) is 34.2 Å². The summed E-state index contributed by atoms with van der Waals surface area (Å²) in [6.07, 6.45) is 12.1. The number of nitrogens with one attached hydrogen (secondary N) is 1. The van der Waals surface area contributed by atoms with E-state index < -0.39 is 37.2 Å². The molecule has 24 heteroatoms. The minimum atomic E-state index is -4.35. The first kappa shape index (κ1) is 65.9. The van der Waals surface area contributed by atoms with Crippen LogP contribution in [0.5, 0.6) is 5.75 Å². The molecule has 0 saturated heterocycles. The second kappa shape index (κ2) is 33.1. The van der Waals surface area contributed by atoms with Gasteiger partial charge in [0, 0.05) is 23.3 Å². The van der Waals surface area contributed by atoms with Crippen molar-refractivity contribution in [2.24, 2.45) is 0 Å². The highest BCUT2D eigenvalue weighted by Crippen LogP contribution is 2.38. The van der Waals surface area contributed by atoms with Crippen molar-refractivity contribution in [3.8, 4) is 5.75 Å². The van der Waals surface area contributed by atoms with E-state index >= 15 is 0 Å². The number of benzene rings is 3. The van der Waals surface area contributed by atoms with Gasteiger partial charge < -0.3 is 38.6 Å². The van der Waals surface area contributed by atoms with Gasteiger partial charge in [0.05, 0.1) is 61.3 Å². The molecule has 2 heterocycles. The van der Waals surface area contributed by atoms with E-state index in [1.165, 1.54) is 11.0 Å². The fourth-order valence-electron chi connectivity index (χ4n) is 7.22. The van der Waals surface area contributed by atoms with Crippen LogP contribution >= 0.6 is 65.6 Å². The lowest BCUT2D eigenvalue weighted by atomic mass is 9.93. The lowest BCUT2D eigenvalue weighted by Gasteiger charge is -2.35. The third-order valence-electron chi connectivity index (χ3n) is 10.3. The number of halogens is 5. The van der Waals surface area contributed by atoms with Gasteiger partial charge in [0.1, 0.15) is 37.6 Å². The quantitative estimate of drug-likeness (QED) is 0.0247. The number of methoxy groups -OCH3 is 1. The second-order valence-corrected chi connectivity index (χ2v) is 22.7. The summed E-state index contributed by atoms with van der Waals surface area (Å²) in [5.74, 6) is -2.19. The Morgan fingerprint density at radius 1 is 0.973 bits per heavy atom. The Bertz CT molecular complexity index is 2470. The van der Waals surface area contributed by atoms with Crippen molar-refractivity contribution < 1.29 is 62.4 Å². The Hall–Kier alpha value is -4.17. The molecule has 0 aromatic heterocycles. The van der Waals surface area contributed by atoms with Crippen LogP contribution in [0.4, 0.5) is 17.1 Å². The molecule has 17 nitrogen and oxygen atoms in total. The number of anilines is 3. The summed E-state index contributed by atoms with van der Waals surface area (Å²) in [6.45, 7) is 8.12. The predicted molar refractivity (Wildman–Crippen MR) is 295 cm³/mol. The van der Waals surface area contributed by atoms with E-state index in [-0.39, 0.29) is 53.9 Å². The van der Waals surface area contributed by atoms with Crippen molar-refractivity contribution in [1.29, 1.82) is 0 Å². The van der Waals surface area contributed by atoms with Gasteiger partial charge in [0.2, 0.25) is 5.91 Å². The fraction of sp³-hybridized carbons (Fsp3) is 0.440. The van der Waals surface area contributed by atoms with Crippen LogP contribution in [0.2, 0.25) is 5.02 Å². The Kier molecular flexibility index (Phi) is 29.5. The van der Waals surface area contributed by atoms with E-state index in [0.717, 1.165) is 48.2 Å². The van der Waals surface area contributed by atoms with Gasteiger partial charge in [-0.05, 0) is 116 Å². The van der Waals surface area contributed by atoms with E-state index in [1.807, 2.05) is 54.7 Å². The SMILES string of the molecule is CC1COc2ccccc2N1C(=O)C(Cl)Cl.CCOC(=O)/C(Cl)=C/c1cc(N2C(=O)C3=C(CCCC3)C2=O)ccc1Cl.CCc1cccc(CC)c1N(COC)C(=O)CCl.C[S+](C)C.O=C(O)CNCP(=O)([O-])O. The summed E-state index contributed by atoms with van der Waals surface area (Å²) in [5, 5.41) is 10.2. The number of hydrogen-bond acceptors (Lipinski definition) is 12. The zero-order valence-corrected chi connectivity index (χ0v) is 48.0. The average Bonchev–Trinajstić information content (AvgIpc) is 3.61. The smallest absolute Gasteiger partial charge is 0.349 e. The van der Waals surface area contributed by atoms with Crippen molar-refractivity contribution in [3.05, 3.63) is 98.6 Å². The maximum Gasteiger partial charge on any atom is 0.349 e. The first-order valence-electron chi connectivity index (χ1n) is 23.1. The molecule has 4 amide bonds. The third kappa shape index (κ3) is 20.7. The molecule has 0 saturated carbocycles. The number of carboxylic acid groups (broad SMARTS) is 1. The van der Waals surface area contributed by atoms with Gasteiger partial charge in [0.25, 0.3) is 17.7 Å². The number of para-hydroxylation sites is 3. The number of carboxylic acids is 1. The van der Waals surface area contributed by atoms with Gasteiger partial charge in [-0.15, -0.1) is 11.6 Å². The molecular weight excluding hydrogens is 1100 g/mol. The molecule has 0 spiro atoms. The van der Waals surface area contributed by atoms with Gasteiger partial charge in [-0.25, -0.2) is 9.69 Å². The summed E-state index contributed by atoms with van der Waals surface area (Å²) in [5.41, 5.74) is 6.00. The minimum absolute atomic E-state index is 0.0371. The number of carbonyl (C=O) groups is 6. The summed E-state index contributed by atoms with van der Waals surface area (Å²) in [4.78, 5) is 91.9. The van der Waals surface area contributed by atoms with Crippen molar-refractivity contribution in [3.63, 3.8) is 0 Å². The maximum atomic E-state index is 12.7. The Morgan fingerprint density at radius 3 is 2.03 bits per heavy atom. The number of nitrogens with zero attached hydrogens (tertiary/aromatic N) is 3. The summed E-state index contributed by atoms with van der Waals surface area (Å²) in [7, 11) is -2.13. The predicted octanol–water partition coefficient (Wildman–Crippen LogP) is 8.48. The molecule has 3 aliphatic rings. The normalized spacial score (nSPS) is 15.6. The van der Waals surface area contributed by atoms with Crippen LogP contribution in [0.1, 0.15) is 70.1 Å². The monoisotopic (exact) mass is 1170 g/mol. The molecule has 3 aromatic carbocycles. The van der Waals surface area contributed by atoms with Crippen molar-refractivity contribution in [2.75, 3.05) is 79.2 Å². The molecule has 6 rings (SSSR count). The molecule has 2 aliphatic heterocycles. The third-order valence-corrected chi connectivity index (χ3v) is 12.2. The first-order valence-corrected chi connectivity index (χ1v) is 29.4. The van der Waals surface area contributed by atoms with E-state index in [9.17, 15) is 38.2 Å². The first-order chi connectivity index (χ1) is 34.9. The number of fused-ring (bicyclic) bond motifs is 1. The van der Waals surface area contributed by atoms with Crippen LogP contribution in [0.25, 0.3) is 6.08 Å². The number of esters is 1. The molecule has 0 fully saturated rings. The summed E-state index contributed by atoms with van der Waals surface area (Å²) < 4.78 is 25.4. The van der Waals surface area contributed by atoms with Gasteiger partial charge in [-0.2, -0.15) is 0 Å². The van der Waals surface area contributed by atoms with Crippen molar-refractivity contribution in [2.45, 2.75) is 77.1 Å². The number of aryl methyl sites for hydroxylation is 2. The Labute approximate surface area is 460 Å². The Balaban J connectivity index is 0.000000345. The number of ether oxygens (including phenoxy) is 3. The van der Waals surface area contributed by atoms with E-state index in [2.05, 4.69) is 32.6 Å². The molecular formula is C50H64Cl5N4O13PS. The number of amides is 4. The molecule has 408 valence electrons. The van der Waals surface area contributed by atoms with Crippen LogP contribution in [0.15, 0.2) is 76.8 Å². The molecule has 3 aromatic rings. The highest BCUT2D eigenvalue weighted by Gasteiger charge is 2.40. The average molecular weight is 1170 g/mol. The lowest BCUT2D eigenvalue weighted by molar-refractivity contribution is -0.193. The van der Waals surface area contributed by atoms with Gasteiger partial charge in [-0.1, -0.05) is 90.6 Å². The number of alkyl halides is 3. The van der Waals surface area contributed by atoms with Crippen molar-refractivity contribution >= 4 is 135 Å². The minimum Gasteiger partial charge on any atom is -0.778 e. The zero-order chi connectivity index (χ0) is 55.9. The molecule has 1 aliphatic carbocycles. The van der Waals surface area contributed by atoms with E-state index in [4.69, 9.17) is 82.2 Å². The van der Waals surface area contributed by atoms with Crippen molar-refractivity contribution in [1.82, 2.24) is 5.32 Å². The number of aliphatic carboxylic acids is 1. The highest BCUT2D eigenvalue weighted by molar-refractivity contribution is 7.94. The number of carbonyl (C=O) groups excluding carboxylic acids is 5. The lowest BCUT2D eigenvalue weighted by Crippen LogP contribution is -2.47. The van der Waals surface area contributed by atoms with E-state index in [0.29, 0.717) is 63.5 Å². The fourth-order valence-corrected chi connectivity index (χ4v) is 8.31. The van der Waals surface area contributed by atoms with Gasteiger partial charge in [0.15, 0.2) is 4.84 Å². The zero-order valence-electron chi connectivity index (χ0n) is 42.5. The van der Waals surface area contributed by atoms with Crippen LogP contribution in [-0.4, -0.2) is 121 Å². The highest BCUT2D eigenvalue weighted by atomic mass is 35.5. The molecule has 74 heavy (non-hydrogen) atoms. The molecule has 0 radical (unpaired) electrons. The number of rotatable bonds is 15. The standard InChI is InChI=1S/C19H17Cl2NO4.C14H20ClNO2.C11H11Cl2NO2.C3H8NO5P.C3H9S/c1-2-26-19(25)16(21)10-11-9-12(7-8-15(11)20)22-17(23)13-5-3-4-6-14(13)18(22)24;1-4-11-7-6-8-12(5-2)14(11)16(10-18-3)13(17)9-15;1-7-6-16-9-5-3-2-4-8(9)14(7)11(15)10(12)13;5-3(6)1-4-2-10(7,8)9;1-4(2)3/h7-10H,2-6H2,1H3;6-8H,4-5,9-10H2,1-3H3;2-5,7,10H,6H2,1H3;4H,1-2H2,(H,5,6)(H2,7,8,9);1-3H3/q;;;;+1/p-1/b16-10-;;;;. The second-order valence-electron chi connectivity index (χ2n) is 16.5.